The summed E-state index contributed by atoms with van der Waals surface area (Å²) in [6, 6.07) is 6.04. The predicted molar refractivity (Wildman–Crippen MR) is 92.1 cm³/mol. The summed E-state index contributed by atoms with van der Waals surface area (Å²) in [5.74, 6) is -1.36. The Morgan fingerprint density at radius 2 is 2.08 bits per heavy atom. The number of fused-ring (bicyclic) bond motifs is 1. The Morgan fingerprint density at radius 1 is 1.36 bits per heavy atom. The number of nitrogen functional groups attached to an aromatic ring is 1. The lowest BCUT2D eigenvalue weighted by molar-refractivity contribution is 0.1000. The molecule has 128 valence electrons. The summed E-state index contributed by atoms with van der Waals surface area (Å²) >= 11 is 0. The number of primary amides is 1. The van der Waals surface area contributed by atoms with Gasteiger partial charge in [-0.15, -0.1) is 0 Å². The monoisotopic (exact) mass is 342 g/mol. The molecule has 9 heteroatoms. The van der Waals surface area contributed by atoms with Crippen LogP contribution < -0.4 is 22.2 Å². The molecule has 1 aromatic carbocycles. The second-order valence-corrected chi connectivity index (χ2v) is 5.23. The second kappa shape index (κ2) is 6.19. The third kappa shape index (κ3) is 2.75. The van der Waals surface area contributed by atoms with Crippen LogP contribution in [0.3, 0.4) is 0 Å². The lowest BCUT2D eigenvalue weighted by atomic mass is 10.2. The van der Waals surface area contributed by atoms with Gasteiger partial charge in [0.2, 0.25) is 11.4 Å². The number of aryl methyl sites for hydroxylation is 1. The minimum Gasteiger partial charge on any atom is -0.384 e. The number of rotatable bonds is 4. The number of carbonyl (C=O) groups excluding carboxylic acids is 1. The molecule has 0 saturated carbocycles. The van der Waals surface area contributed by atoms with Gasteiger partial charge in [-0.1, -0.05) is 12.1 Å². The number of benzene rings is 1. The minimum atomic E-state index is -0.917. The molecule has 0 atom stereocenters. The SMILES string of the molecule is CCn1c(N)c(C(N)=O)c(=O)c2cnc(Nc3ccccc3F)nc21. The Morgan fingerprint density at radius 3 is 2.72 bits per heavy atom. The van der Waals surface area contributed by atoms with Crippen LogP contribution in [0.5, 0.6) is 0 Å². The van der Waals surface area contributed by atoms with Crippen LogP contribution in [-0.4, -0.2) is 20.4 Å². The van der Waals surface area contributed by atoms with Gasteiger partial charge >= 0.3 is 0 Å². The zero-order valence-corrected chi connectivity index (χ0v) is 13.3. The van der Waals surface area contributed by atoms with Crippen LogP contribution in [0.25, 0.3) is 11.0 Å². The summed E-state index contributed by atoms with van der Waals surface area (Å²) < 4.78 is 15.2. The van der Waals surface area contributed by atoms with E-state index < -0.39 is 17.2 Å². The number of carbonyl (C=O) groups is 1. The van der Waals surface area contributed by atoms with E-state index in [-0.39, 0.29) is 34.1 Å². The highest BCUT2D eigenvalue weighted by molar-refractivity contribution is 6.00. The van der Waals surface area contributed by atoms with Crippen molar-refractivity contribution < 1.29 is 9.18 Å². The molecule has 0 unspecified atom stereocenters. The molecule has 1 amide bonds. The topological polar surface area (TPSA) is 129 Å². The van der Waals surface area contributed by atoms with E-state index in [1.165, 1.54) is 22.9 Å². The summed E-state index contributed by atoms with van der Waals surface area (Å²) in [6.45, 7) is 2.12. The van der Waals surface area contributed by atoms with Gasteiger partial charge in [-0.25, -0.2) is 9.37 Å². The van der Waals surface area contributed by atoms with Crippen LogP contribution in [0.2, 0.25) is 0 Å². The maximum atomic E-state index is 13.8. The van der Waals surface area contributed by atoms with Gasteiger partial charge in [-0.3, -0.25) is 9.59 Å². The van der Waals surface area contributed by atoms with E-state index in [0.717, 1.165) is 0 Å². The quantitative estimate of drug-likeness (QED) is 0.657. The molecule has 5 N–H and O–H groups in total. The van der Waals surface area contributed by atoms with Gasteiger partial charge in [-0.05, 0) is 19.1 Å². The van der Waals surface area contributed by atoms with Crippen molar-refractivity contribution in [2.45, 2.75) is 13.5 Å². The summed E-state index contributed by atoms with van der Waals surface area (Å²) in [4.78, 5) is 32.2. The number of nitrogens with one attached hydrogen (secondary N) is 1. The summed E-state index contributed by atoms with van der Waals surface area (Å²) in [5.41, 5.74) is 10.6. The molecule has 3 aromatic rings. The van der Waals surface area contributed by atoms with Crippen molar-refractivity contribution in [3.05, 3.63) is 52.1 Å². The smallest absolute Gasteiger partial charge is 0.256 e. The lowest BCUT2D eigenvalue weighted by Crippen LogP contribution is -2.28. The average molecular weight is 342 g/mol. The van der Waals surface area contributed by atoms with Gasteiger partial charge in [0.25, 0.3) is 5.91 Å². The summed E-state index contributed by atoms with van der Waals surface area (Å²) in [6.07, 6.45) is 1.26. The third-order valence-electron chi connectivity index (χ3n) is 3.73. The number of nitrogens with zero attached hydrogens (tertiary/aromatic N) is 3. The molecule has 2 aromatic heterocycles. The van der Waals surface area contributed by atoms with Crippen LogP contribution in [0, 0.1) is 5.82 Å². The highest BCUT2D eigenvalue weighted by atomic mass is 19.1. The molecule has 0 aliphatic rings. The van der Waals surface area contributed by atoms with E-state index in [0.29, 0.717) is 6.54 Å². The van der Waals surface area contributed by atoms with Crippen molar-refractivity contribution >= 4 is 34.4 Å². The van der Waals surface area contributed by atoms with E-state index in [4.69, 9.17) is 11.5 Å². The Labute approximate surface area is 141 Å². The maximum Gasteiger partial charge on any atom is 0.256 e. The molecule has 0 saturated heterocycles. The van der Waals surface area contributed by atoms with Crippen LogP contribution in [-0.2, 0) is 6.54 Å². The first kappa shape index (κ1) is 16.4. The molecule has 0 radical (unpaired) electrons. The average Bonchev–Trinajstić information content (AvgIpc) is 2.57. The predicted octanol–water partition coefficient (Wildman–Crippen LogP) is 1.38. The van der Waals surface area contributed by atoms with E-state index >= 15 is 0 Å². The Hall–Kier alpha value is -3.49. The number of hydrogen-bond acceptors (Lipinski definition) is 6. The number of nitrogens with two attached hydrogens (primary N) is 2. The number of aromatic nitrogens is 3. The van der Waals surface area contributed by atoms with Crippen molar-refractivity contribution in [2.24, 2.45) is 5.73 Å². The molecule has 8 nitrogen and oxygen atoms in total. The van der Waals surface area contributed by atoms with Crippen molar-refractivity contribution in [1.82, 2.24) is 14.5 Å². The summed E-state index contributed by atoms with van der Waals surface area (Å²) in [7, 11) is 0. The Bertz CT molecular complexity index is 1050. The fourth-order valence-corrected chi connectivity index (χ4v) is 2.54. The molecule has 0 spiro atoms. The highest BCUT2D eigenvalue weighted by Crippen LogP contribution is 2.20. The molecule has 2 heterocycles. The first-order valence-corrected chi connectivity index (χ1v) is 7.44. The number of anilines is 3. The zero-order chi connectivity index (χ0) is 18.1. The molecule has 0 fully saturated rings. The number of halogens is 1. The van der Waals surface area contributed by atoms with Crippen molar-refractivity contribution in [3.63, 3.8) is 0 Å². The van der Waals surface area contributed by atoms with Crippen LogP contribution in [0.15, 0.2) is 35.3 Å². The molecule has 25 heavy (non-hydrogen) atoms. The fraction of sp³-hybridized carbons (Fsp3) is 0.125. The third-order valence-corrected chi connectivity index (χ3v) is 3.73. The zero-order valence-electron chi connectivity index (χ0n) is 13.3. The number of amides is 1. The highest BCUT2D eigenvalue weighted by Gasteiger charge is 2.20. The van der Waals surface area contributed by atoms with Gasteiger partial charge in [-0.2, -0.15) is 4.98 Å². The van der Waals surface area contributed by atoms with Gasteiger partial charge in [0.05, 0.1) is 11.1 Å². The van der Waals surface area contributed by atoms with E-state index in [1.54, 1.807) is 19.1 Å². The normalized spacial score (nSPS) is 10.8. The van der Waals surface area contributed by atoms with E-state index in [9.17, 15) is 14.0 Å². The van der Waals surface area contributed by atoms with Gasteiger partial charge < -0.3 is 21.4 Å². The van der Waals surface area contributed by atoms with Crippen LogP contribution in [0.4, 0.5) is 21.8 Å². The van der Waals surface area contributed by atoms with Crippen molar-refractivity contribution in [3.8, 4) is 0 Å². The molecule has 0 bridgehead atoms. The van der Waals surface area contributed by atoms with Crippen molar-refractivity contribution in [2.75, 3.05) is 11.1 Å². The van der Waals surface area contributed by atoms with Gasteiger partial charge in [0, 0.05) is 12.7 Å². The Balaban J connectivity index is 2.21. The summed E-state index contributed by atoms with van der Waals surface area (Å²) in [5, 5.41) is 2.85. The van der Waals surface area contributed by atoms with Crippen LogP contribution in [0.1, 0.15) is 17.3 Å². The molecular weight excluding hydrogens is 327 g/mol. The molecule has 3 rings (SSSR count). The fourth-order valence-electron chi connectivity index (χ4n) is 2.54. The number of hydrogen-bond donors (Lipinski definition) is 3. The van der Waals surface area contributed by atoms with E-state index in [2.05, 4.69) is 15.3 Å². The van der Waals surface area contributed by atoms with Gasteiger partial charge in [0.1, 0.15) is 17.2 Å². The number of pyridine rings is 1. The first-order chi connectivity index (χ1) is 11.9. The molecule has 0 aliphatic heterocycles. The van der Waals surface area contributed by atoms with Gasteiger partial charge in [0.15, 0.2) is 5.65 Å². The Kier molecular flexibility index (Phi) is 4.05. The largest absolute Gasteiger partial charge is 0.384 e. The first-order valence-electron chi connectivity index (χ1n) is 7.44. The molecule has 0 aliphatic carbocycles. The maximum absolute atomic E-state index is 13.8. The standard InChI is InChI=1S/C16H15FN6O2/c1-2-23-13(18)11(14(19)25)12(24)8-7-20-16(22-15(8)23)21-10-6-4-3-5-9(10)17/h3-7H,2,18H2,1H3,(H2,19,25)(H,20,21,22). The lowest BCUT2D eigenvalue weighted by Gasteiger charge is -2.14. The minimum absolute atomic E-state index is 0.0666. The second-order valence-electron chi connectivity index (χ2n) is 5.23. The molecular formula is C16H15FN6O2. The van der Waals surface area contributed by atoms with E-state index in [1.807, 2.05) is 0 Å². The van der Waals surface area contributed by atoms with Crippen LogP contribution >= 0.6 is 0 Å². The van der Waals surface area contributed by atoms with Crippen molar-refractivity contribution in [1.29, 1.82) is 0 Å². The number of para-hydroxylation sites is 1.